The van der Waals surface area contributed by atoms with Gasteiger partial charge in [-0.3, -0.25) is 4.79 Å². The summed E-state index contributed by atoms with van der Waals surface area (Å²) in [6.45, 7) is 0.789. The van der Waals surface area contributed by atoms with Crippen molar-refractivity contribution >= 4 is 12.1 Å². The van der Waals surface area contributed by atoms with Crippen LogP contribution in [0.25, 0.3) is 0 Å². The maximum atomic E-state index is 12.4. The second-order valence-corrected chi connectivity index (χ2v) is 5.39. The molecule has 2 fully saturated rings. The van der Waals surface area contributed by atoms with Crippen molar-refractivity contribution in [3.8, 4) is 0 Å². The molecule has 0 aromatic carbocycles. The van der Waals surface area contributed by atoms with Gasteiger partial charge in [-0.05, 0) is 30.9 Å². The number of nitrogens with zero attached hydrogens (tertiary/aromatic N) is 2. The number of halogens is 3. The molecule has 20 heavy (non-hydrogen) atoms. The Hall–Kier alpha value is -1.79. The van der Waals surface area contributed by atoms with E-state index in [1.807, 2.05) is 0 Å². The molecule has 2 heterocycles. The molecule has 2 aliphatic rings. The Kier molecular flexibility index (Phi) is 3.07. The number of carbonyl (C=O) groups excluding carboxylic acids is 1. The SMILES string of the molecule is O=CN1C[C@H]2C[C@@H](Nc3ccc(C(F)(F)F)nc3)[C@@H]1C2. The molecule has 1 saturated carbocycles. The van der Waals surface area contributed by atoms with Crippen LogP contribution in [0.3, 0.4) is 0 Å². The first kappa shape index (κ1) is 13.2. The molecule has 1 aromatic rings. The van der Waals surface area contributed by atoms with Crippen LogP contribution in [-0.2, 0) is 11.0 Å². The van der Waals surface area contributed by atoms with E-state index in [0.717, 1.165) is 31.9 Å². The molecule has 3 rings (SSSR count). The van der Waals surface area contributed by atoms with Crippen molar-refractivity contribution in [2.45, 2.75) is 31.1 Å². The van der Waals surface area contributed by atoms with Crippen LogP contribution < -0.4 is 5.32 Å². The van der Waals surface area contributed by atoms with Gasteiger partial charge in [0, 0.05) is 12.6 Å². The molecule has 3 atom stereocenters. The average Bonchev–Trinajstić information content (AvgIpc) is 2.97. The molecular formula is C13H14F3N3O. The van der Waals surface area contributed by atoms with Gasteiger partial charge >= 0.3 is 6.18 Å². The maximum absolute atomic E-state index is 12.4. The summed E-state index contributed by atoms with van der Waals surface area (Å²) < 4.78 is 37.2. The summed E-state index contributed by atoms with van der Waals surface area (Å²) in [6.07, 6.45) is -0.469. The lowest BCUT2D eigenvalue weighted by atomic mass is 10.1. The summed E-state index contributed by atoms with van der Waals surface area (Å²) >= 11 is 0. The van der Waals surface area contributed by atoms with E-state index in [0.29, 0.717) is 11.6 Å². The van der Waals surface area contributed by atoms with Crippen molar-refractivity contribution in [1.82, 2.24) is 9.88 Å². The van der Waals surface area contributed by atoms with Gasteiger partial charge in [-0.1, -0.05) is 0 Å². The summed E-state index contributed by atoms with van der Waals surface area (Å²) in [5.74, 6) is 0.491. The van der Waals surface area contributed by atoms with Crippen LogP contribution in [0, 0.1) is 5.92 Å². The number of fused-ring (bicyclic) bond motifs is 2. The second-order valence-electron chi connectivity index (χ2n) is 5.39. The predicted octanol–water partition coefficient (Wildman–Crippen LogP) is 2.13. The highest BCUT2D eigenvalue weighted by atomic mass is 19.4. The van der Waals surface area contributed by atoms with Gasteiger partial charge in [0.15, 0.2) is 0 Å². The van der Waals surface area contributed by atoms with Gasteiger partial charge in [-0.25, -0.2) is 4.98 Å². The molecule has 1 aliphatic heterocycles. The topological polar surface area (TPSA) is 45.2 Å². The van der Waals surface area contributed by atoms with Crippen LogP contribution in [0.5, 0.6) is 0 Å². The van der Waals surface area contributed by atoms with E-state index in [-0.39, 0.29) is 12.1 Å². The molecule has 1 aromatic heterocycles. The Balaban J connectivity index is 1.68. The maximum Gasteiger partial charge on any atom is 0.433 e. The lowest BCUT2D eigenvalue weighted by molar-refractivity contribution is -0.141. The molecule has 1 saturated heterocycles. The highest BCUT2D eigenvalue weighted by Gasteiger charge is 2.44. The fraction of sp³-hybridized carbons (Fsp3) is 0.538. The summed E-state index contributed by atoms with van der Waals surface area (Å²) in [5, 5.41) is 3.18. The van der Waals surface area contributed by atoms with Gasteiger partial charge in [-0.15, -0.1) is 0 Å². The summed E-state index contributed by atoms with van der Waals surface area (Å²) in [5.41, 5.74) is -0.341. The highest BCUT2D eigenvalue weighted by molar-refractivity contribution is 5.51. The van der Waals surface area contributed by atoms with E-state index in [2.05, 4.69) is 10.3 Å². The van der Waals surface area contributed by atoms with Crippen molar-refractivity contribution in [2.24, 2.45) is 5.92 Å². The summed E-state index contributed by atoms with van der Waals surface area (Å²) in [4.78, 5) is 16.1. The number of hydrogen-bond donors (Lipinski definition) is 1. The minimum Gasteiger partial charge on any atom is -0.379 e. The number of pyridine rings is 1. The molecule has 4 nitrogen and oxygen atoms in total. The third-order valence-electron chi connectivity index (χ3n) is 4.06. The highest BCUT2D eigenvalue weighted by Crippen LogP contribution is 2.38. The zero-order chi connectivity index (χ0) is 14.3. The number of likely N-dealkylation sites (tertiary alicyclic amines) is 1. The summed E-state index contributed by atoms with van der Waals surface area (Å²) in [7, 11) is 0. The Morgan fingerprint density at radius 3 is 2.70 bits per heavy atom. The van der Waals surface area contributed by atoms with E-state index in [1.165, 1.54) is 12.3 Å². The summed E-state index contributed by atoms with van der Waals surface area (Å²) in [6, 6.07) is 2.58. The van der Waals surface area contributed by atoms with E-state index in [4.69, 9.17) is 0 Å². The minimum absolute atomic E-state index is 0.0949. The molecule has 7 heteroatoms. The number of piperidine rings is 1. The third-order valence-corrected chi connectivity index (χ3v) is 4.06. The first-order valence-corrected chi connectivity index (χ1v) is 6.48. The van der Waals surface area contributed by atoms with Crippen LogP contribution in [-0.4, -0.2) is 34.9 Å². The van der Waals surface area contributed by atoms with E-state index < -0.39 is 11.9 Å². The van der Waals surface area contributed by atoms with Gasteiger partial charge in [0.2, 0.25) is 6.41 Å². The third kappa shape index (κ3) is 2.32. The van der Waals surface area contributed by atoms with E-state index >= 15 is 0 Å². The Bertz CT molecular complexity index is 503. The Morgan fingerprint density at radius 1 is 1.35 bits per heavy atom. The molecule has 1 N–H and O–H groups in total. The van der Waals surface area contributed by atoms with Crippen molar-refractivity contribution in [2.75, 3.05) is 11.9 Å². The van der Waals surface area contributed by atoms with Crippen LogP contribution in [0.1, 0.15) is 18.5 Å². The molecule has 1 amide bonds. The molecule has 2 bridgehead atoms. The van der Waals surface area contributed by atoms with Crippen molar-refractivity contribution in [1.29, 1.82) is 0 Å². The zero-order valence-electron chi connectivity index (χ0n) is 10.6. The number of nitrogens with one attached hydrogen (secondary N) is 1. The van der Waals surface area contributed by atoms with Gasteiger partial charge in [0.05, 0.1) is 17.9 Å². The fourth-order valence-corrected chi connectivity index (χ4v) is 3.20. The van der Waals surface area contributed by atoms with E-state index in [1.54, 1.807) is 4.90 Å². The fourth-order valence-electron chi connectivity index (χ4n) is 3.20. The number of hydrogen-bond acceptors (Lipinski definition) is 3. The molecular weight excluding hydrogens is 271 g/mol. The second kappa shape index (κ2) is 4.64. The smallest absolute Gasteiger partial charge is 0.379 e. The Labute approximate surface area is 114 Å². The van der Waals surface area contributed by atoms with Gasteiger partial charge in [0.1, 0.15) is 5.69 Å². The number of aromatic nitrogens is 1. The molecule has 0 radical (unpaired) electrons. The first-order chi connectivity index (χ1) is 9.47. The molecule has 0 unspecified atom stereocenters. The predicted molar refractivity (Wildman–Crippen MR) is 65.9 cm³/mol. The van der Waals surface area contributed by atoms with Gasteiger partial charge < -0.3 is 10.2 Å². The standard InChI is InChI=1S/C13H14F3N3O/c14-13(15,16)12-2-1-9(5-17-12)18-10-3-8-4-11(10)19(6-8)7-20/h1-2,5,7-8,10-11,18H,3-4,6H2/t8-,10+,11-/m0/s1. The van der Waals surface area contributed by atoms with Gasteiger partial charge in [-0.2, -0.15) is 13.2 Å². The van der Waals surface area contributed by atoms with Crippen LogP contribution >= 0.6 is 0 Å². The zero-order valence-corrected chi connectivity index (χ0v) is 10.6. The van der Waals surface area contributed by atoms with Gasteiger partial charge in [0.25, 0.3) is 0 Å². The number of anilines is 1. The first-order valence-electron chi connectivity index (χ1n) is 6.48. The van der Waals surface area contributed by atoms with Crippen molar-refractivity contribution in [3.05, 3.63) is 24.0 Å². The lowest BCUT2D eigenvalue weighted by Gasteiger charge is -2.31. The van der Waals surface area contributed by atoms with E-state index in [9.17, 15) is 18.0 Å². The monoisotopic (exact) mass is 285 g/mol. The Morgan fingerprint density at radius 2 is 2.15 bits per heavy atom. The number of amides is 1. The van der Waals surface area contributed by atoms with Crippen molar-refractivity contribution in [3.63, 3.8) is 0 Å². The minimum atomic E-state index is -4.42. The van der Waals surface area contributed by atoms with Crippen LogP contribution in [0.15, 0.2) is 18.3 Å². The molecule has 1 aliphatic carbocycles. The number of carbonyl (C=O) groups is 1. The number of alkyl halides is 3. The van der Waals surface area contributed by atoms with Crippen molar-refractivity contribution < 1.29 is 18.0 Å². The van der Waals surface area contributed by atoms with Crippen LogP contribution in [0.2, 0.25) is 0 Å². The lowest BCUT2D eigenvalue weighted by Crippen LogP contribution is -2.44. The largest absolute Gasteiger partial charge is 0.433 e. The van der Waals surface area contributed by atoms with Crippen LogP contribution in [0.4, 0.5) is 18.9 Å². The number of rotatable bonds is 3. The quantitative estimate of drug-likeness (QED) is 0.865. The normalized spacial score (nSPS) is 28.8. The molecule has 0 spiro atoms. The average molecular weight is 285 g/mol. The molecule has 108 valence electrons.